The fourth-order valence-electron chi connectivity index (χ4n) is 2.38. The Morgan fingerprint density at radius 2 is 2.09 bits per heavy atom. The summed E-state index contributed by atoms with van der Waals surface area (Å²) in [5.74, 6) is 0.842. The fourth-order valence-corrected chi connectivity index (χ4v) is 3.03. The number of aliphatic hydroxyl groups is 1. The Kier molecular flexibility index (Phi) is 3.96. The highest BCUT2D eigenvalue weighted by molar-refractivity contribution is 7.13. The predicted octanol–water partition coefficient (Wildman–Crippen LogP) is 2.69. The van der Waals surface area contributed by atoms with Crippen LogP contribution in [0.25, 0.3) is 10.7 Å². The number of rotatable bonds is 3. The average molecular weight is 333 g/mol. The van der Waals surface area contributed by atoms with Crippen molar-refractivity contribution in [1.29, 1.82) is 0 Å². The Bertz CT molecular complexity index is 619. The number of hydrogen-bond acceptors (Lipinski definition) is 6. The van der Waals surface area contributed by atoms with E-state index in [4.69, 9.17) is 4.52 Å². The summed E-state index contributed by atoms with van der Waals surface area (Å²) in [7, 11) is 0. The first-order chi connectivity index (χ1) is 10.4. The molecule has 1 saturated heterocycles. The molecule has 9 heteroatoms. The van der Waals surface area contributed by atoms with Gasteiger partial charge in [0.05, 0.1) is 11.4 Å². The number of thiophene rings is 1. The molecule has 0 atom stereocenters. The van der Waals surface area contributed by atoms with Gasteiger partial charge in [-0.05, 0) is 24.3 Å². The van der Waals surface area contributed by atoms with Crippen LogP contribution in [0.3, 0.4) is 0 Å². The van der Waals surface area contributed by atoms with Crippen LogP contribution in [0, 0.1) is 0 Å². The summed E-state index contributed by atoms with van der Waals surface area (Å²) in [4.78, 5) is 6.88. The second-order valence-corrected chi connectivity index (χ2v) is 6.24. The minimum Gasteiger partial charge on any atom is -0.380 e. The van der Waals surface area contributed by atoms with E-state index < -0.39 is 11.8 Å². The third-order valence-corrected chi connectivity index (χ3v) is 4.65. The molecule has 1 fully saturated rings. The lowest BCUT2D eigenvalue weighted by Gasteiger charge is -2.38. The molecule has 0 radical (unpaired) electrons. The summed E-state index contributed by atoms with van der Waals surface area (Å²) < 4.78 is 43.3. The van der Waals surface area contributed by atoms with Gasteiger partial charge in [0.2, 0.25) is 11.7 Å². The topological polar surface area (TPSA) is 62.4 Å². The van der Waals surface area contributed by atoms with Crippen molar-refractivity contribution < 1.29 is 22.8 Å². The van der Waals surface area contributed by atoms with Gasteiger partial charge in [-0.1, -0.05) is 11.2 Å². The van der Waals surface area contributed by atoms with Crippen molar-refractivity contribution in [1.82, 2.24) is 15.0 Å². The van der Waals surface area contributed by atoms with Crippen LogP contribution < -0.4 is 0 Å². The van der Waals surface area contributed by atoms with Gasteiger partial charge in [-0.25, -0.2) is 0 Å². The lowest BCUT2D eigenvalue weighted by molar-refractivity contribution is -0.273. The molecule has 0 spiro atoms. The van der Waals surface area contributed by atoms with Gasteiger partial charge in [-0.2, -0.15) is 18.2 Å². The van der Waals surface area contributed by atoms with Crippen LogP contribution in [0.15, 0.2) is 22.0 Å². The molecule has 2 aromatic rings. The Labute approximate surface area is 128 Å². The molecule has 0 saturated carbocycles. The number of likely N-dealkylation sites (tertiary alicyclic amines) is 1. The zero-order valence-corrected chi connectivity index (χ0v) is 12.3. The normalized spacial score (nSPS) is 19.5. The average Bonchev–Trinajstić information content (AvgIpc) is 3.11. The molecule has 3 heterocycles. The Balaban J connectivity index is 1.60. The van der Waals surface area contributed by atoms with Crippen molar-refractivity contribution >= 4 is 11.3 Å². The number of aromatic nitrogens is 2. The molecule has 0 amide bonds. The minimum atomic E-state index is -4.59. The minimum absolute atomic E-state index is 0.132. The van der Waals surface area contributed by atoms with Crippen LogP contribution in [0.5, 0.6) is 0 Å². The Morgan fingerprint density at radius 1 is 1.36 bits per heavy atom. The maximum Gasteiger partial charge on any atom is 0.417 e. The van der Waals surface area contributed by atoms with Crippen molar-refractivity contribution in [2.24, 2.45) is 0 Å². The monoisotopic (exact) mass is 333 g/mol. The molecule has 0 aromatic carbocycles. The fraction of sp³-hybridized carbons (Fsp3) is 0.538. The second-order valence-electron chi connectivity index (χ2n) is 5.29. The van der Waals surface area contributed by atoms with Crippen LogP contribution in [0.4, 0.5) is 13.2 Å². The molecule has 0 aliphatic carbocycles. The van der Waals surface area contributed by atoms with Gasteiger partial charge in [0, 0.05) is 13.1 Å². The van der Waals surface area contributed by atoms with E-state index in [1.165, 1.54) is 11.3 Å². The summed E-state index contributed by atoms with van der Waals surface area (Å²) in [6.45, 7) is 0.547. The van der Waals surface area contributed by atoms with Gasteiger partial charge < -0.3 is 9.63 Å². The van der Waals surface area contributed by atoms with Crippen molar-refractivity contribution in [2.45, 2.75) is 31.2 Å². The molecule has 5 nitrogen and oxygen atoms in total. The van der Waals surface area contributed by atoms with Crippen molar-refractivity contribution in [2.75, 3.05) is 13.1 Å². The Hall–Kier alpha value is -1.45. The maximum absolute atomic E-state index is 12.7. The molecular weight excluding hydrogens is 319 g/mol. The SMILES string of the molecule is OC1(C(F)(F)F)CCN(Cc2nc(-c3cccs3)no2)CC1. The smallest absolute Gasteiger partial charge is 0.380 e. The van der Waals surface area contributed by atoms with Crippen LogP contribution in [0.2, 0.25) is 0 Å². The van der Waals surface area contributed by atoms with Gasteiger partial charge >= 0.3 is 6.18 Å². The molecule has 120 valence electrons. The molecule has 1 N–H and O–H groups in total. The van der Waals surface area contributed by atoms with Crippen LogP contribution in [0.1, 0.15) is 18.7 Å². The number of nitrogens with zero attached hydrogens (tertiary/aromatic N) is 3. The highest BCUT2D eigenvalue weighted by atomic mass is 32.1. The number of hydrogen-bond donors (Lipinski definition) is 1. The molecule has 0 unspecified atom stereocenters. The van der Waals surface area contributed by atoms with Crippen molar-refractivity contribution in [3.63, 3.8) is 0 Å². The van der Waals surface area contributed by atoms with E-state index in [9.17, 15) is 18.3 Å². The van der Waals surface area contributed by atoms with E-state index in [1.807, 2.05) is 17.5 Å². The van der Waals surface area contributed by atoms with E-state index in [0.717, 1.165) is 4.88 Å². The van der Waals surface area contributed by atoms with Gasteiger partial charge in [-0.15, -0.1) is 11.3 Å². The van der Waals surface area contributed by atoms with Crippen LogP contribution in [-0.4, -0.2) is 45.0 Å². The second kappa shape index (κ2) is 5.64. The third kappa shape index (κ3) is 3.01. The quantitative estimate of drug-likeness (QED) is 0.936. The van der Waals surface area contributed by atoms with E-state index >= 15 is 0 Å². The highest BCUT2D eigenvalue weighted by Gasteiger charge is 2.54. The zero-order valence-electron chi connectivity index (χ0n) is 11.5. The van der Waals surface area contributed by atoms with Crippen molar-refractivity contribution in [3.8, 4) is 10.7 Å². The van der Waals surface area contributed by atoms with E-state index in [0.29, 0.717) is 11.7 Å². The maximum atomic E-state index is 12.7. The Morgan fingerprint density at radius 3 is 2.68 bits per heavy atom. The van der Waals surface area contributed by atoms with Crippen molar-refractivity contribution in [3.05, 3.63) is 23.4 Å². The first-order valence-corrected chi connectivity index (χ1v) is 7.63. The summed E-state index contributed by atoms with van der Waals surface area (Å²) in [6, 6.07) is 3.74. The molecule has 3 rings (SSSR count). The number of alkyl halides is 3. The molecule has 0 bridgehead atoms. The molecular formula is C13H14F3N3O2S. The van der Waals surface area contributed by atoms with Crippen LogP contribution in [-0.2, 0) is 6.54 Å². The number of piperidine rings is 1. The van der Waals surface area contributed by atoms with E-state index in [1.54, 1.807) is 4.90 Å². The predicted molar refractivity (Wildman–Crippen MR) is 73.1 cm³/mol. The summed E-state index contributed by atoms with van der Waals surface area (Å²) in [5, 5.41) is 15.4. The van der Waals surface area contributed by atoms with E-state index in [-0.39, 0.29) is 32.5 Å². The van der Waals surface area contributed by atoms with Crippen LogP contribution >= 0.6 is 11.3 Å². The largest absolute Gasteiger partial charge is 0.417 e. The molecule has 22 heavy (non-hydrogen) atoms. The van der Waals surface area contributed by atoms with E-state index in [2.05, 4.69) is 10.1 Å². The van der Waals surface area contributed by atoms with Gasteiger partial charge in [0.15, 0.2) is 5.60 Å². The zero-order chi connectivity index (χ0) is 15.8. The lowest BCUT2D eigenvalue weighted by atomic mass is 9.91. The summed E-state index contributed by atoms with van der Waals surface area (Å²) >= 11 is 1.48. The standard InChI is InChI=1S/C13H14F3N3O2S/c14-13(15,16)12(20)3-5-19(6-4-12)8-10-17-11(18-21-10)9-2-1-7-22-9/h1-2,7,20H,3-6,8H2. The first-order valence-electron chi connectivity index (χ1n) is 6.75. The first kappa shape index (κ1) is 15.4. The molecule has 1 aliphatic rings. The number of halogens is 3. The van der Waals surface area contributed by atoms with Gasteiger partial charge in [0.25, 0.3) is 0 Å². The highest BCUT2D eigenvalue weighted by Crippen LogP contribution is 2.38. The lowest BCUT2D eigenvalue weighted by Crippen LogP contribution is -2.53. The summed E-state index contributed by atoms with van der Waals surface area (Å²) in [6.07, 6.45) is -5.28. The van der Waals surface area contributed by atoms with Gasteiger partial charge in [0.1, 0.15) is 0 Å². The third-order valence-electron chi connectivity index (χ3n) is 3.78. The summed E-state index contributed by atoms with van der Waals surface area (Å²) in [5.41, 5.74) is -2.58. The van der Waals surface area contributed by atoms with Gasteiger partial charge in [-0.3, -0.25) is 4.90 Å². The molecule has 2 aromatic heterocycles. The molecule has 1 aliphatic heterocycles.